The number of nitrogens with zero attached hydrogens (tertiary/aromatic N) is 1. The van der Waals surface area contributed by atoms with E-state index in [1.807, 2.05) is 6.07 Å². The Morgan fingerprint density at radius 3 is 2.75 bits per heavy atom. The standard InChI is InChI=1S/C13H22N2O3S2/c1-2-6-14-7-5-12-3-4-13(19-12)20(16,17)15-8-10-18-11-9-15/h3-4,14H,2,5-11H2,1H3. The molecule has 0 aromatic carbocycles. The third kappa shape index (κ3) is 4.02. The van der Waals surface area contributed by atoms with Gasteiger partial charge in [-0.1, -0.05) is 6.92 Å². The molecule has 0 unspecified atom stereocenters. The van der Waals surface area contributed by atoms with Gasteiger partial charge in [-0.2, -0.15) is 4.31 Å². The van der Waals surface area contributed by atoms with Crippen molar-refractivity contribution in [3.63, 3.8) is 0 Å². The number of nitrogens with one attached hydrogen (secondary N) is 1. The molecule has 1 N–H and O–H groups in total. The Morgan fingerprint density at radius 2 is 2.05 bits per heavy atom. The summed E-state index contributed by atoms with van der Waals surface area (Å²) >= 11 is 1.38. The molecule has 1 aromatic heterocycles. The second kappa shape index (κ2) is 7.51. The van der Waals surface area contributed by atoms with Crippen LogP contribution in [0.2, 0.25) is 0 Å². The minimum atomic E-state index is -3.33. The smallest absolute Gasteiger partial charge is 0.252 e. The molecule has 1 saturated heterocycles. The quantitative estimate of drug-likeness (QED) is 0.770. The van der Waals surface area contributed by atoms with Crippen LogP contribution >= 0.6 is 11.3 Å². The lowest BCUT2D eigenvalue weighted by atomic mass is 10.3. The second-order valence-electron chi connectivity index (χ2n) is 4.74. The third-order valence-electron chi connectivity index (χ3n) is 3.18. The van der Waals surface area contributed by atoms with E-state index >= 15 is 0 Å². The summed E-state index contributed by atoms with van der Waals surface area (Å²) in [6, 6.07) is 3.65. The normalized spacial score (nSPS) is 17.4. The van der Waals surface area contributed by atoms with Crippen molar-refractivity contribution < 1.29 is 13.2 Å². The van der Waals surface area contributed by atoms with E-state index in [9.17, 15) is 8.42 Å². The van der Waals surface area contributed by atoms with Crippen molar-refractivity contribution >= 4 is 21.4 Å². The molecular formula is C13H22N2O3S2. The molecule has 1 aliphatic rings. The summed E-state index contributed by atoms with van der Waals surface area (Å²) in [6.45, 7) is 5.90. The number of hydrogen-bond donors (Lipinski definition) is 1. The van der Waals surface area contributed by atoms with Crippen LogP contribution in [-0.4, -0.2) is 52.1 Å². The fourth-order valence-electron chi connectivity index (χ4n) is 2.06. The molecule has 1 aromatic rings. The van der Waals surface area contributed by atoms with Crippen molar-refractivity contribution in [3.05, 3.63) is 17.0 Å². The molecule has 20 heavy (non-hydrogen) atoms. The van der Waals surface area contributed by atoms with Crippen molar-refractivity contribution in [2.24, 2.45) is 0 Å². The molecule has 0 amide bonds. The van der Waals surface area contributed by atoms with Gasteiger partial charge < -0.3 is 10.1 Å². The van der Waals surface area contributed by atoms with Crippen LogP contribution in [0.3, 0.4) is 0 Å². The largest absolute Gasteiger partial charge is 0.379 e. The molecule has 0 aliphatic carbocycles. The molecular weight excluding hydrogens is 296 g/mol. The lowest BCUT2D eigenvalue weighted by Crippen LogP contribution is -2.40. The number of ether oxygens (including phenoxy) is 1. The van der Waals surface area contributed by atoms with Gasteiger partial charge in [0.2, 0.25) is 0 Å². The fraction of sp³-hybridized carbons (Fsp3) is 0.692. The molecule has 1 aliphatic heterocycles. The summed E-state index contributed by atoms with van der Waals surface area (Å²) in [5.74, 6) is 0. The molecule has 7 heteroatoms. The number of hydrogen-bond acceptors (Lipinski definition) is 5. The lowest BCUT2D eigenvalue weighted by molar-refractivity contribution is 0.0731. The first-order valence-electron chi connectivity index (χ1n) is 7.02. The van der Waals surface area contributed by atoms with Crippen LogP contribution < -0.4 is 5.32 Å². The summed E-state index contributed by atoms with van der Waals surface area (Å²) in [6.07, 6.45) is 1.99. The number of rotatable bonds is 7. The van der Waals surface area contributed by atoms with Gasteiger partial charge in [-0.25, -0.2) is 8.42 Å². The Bertz CT molecular complexity index is 507. The maximum Gasteiger partial charge on any atom is 0.252 e. The van der Waals surface area contributed by atoms with Crippen LogP contribution in [0, 0.1) is 0 Å². The minimum absolute atomic E-state index is 0.449. The van der Waals surface area contributed by atoms with Crippen LogP contribution in [-0.2, 0) is 21.2 Å². The van der Waals surface area contributed by atoms with E-state index in [2.05, 4.69) is 12.2 Å². The molecule has 0 atom stereocenters. The average molecular weight is 318 g/mol. The molecule has 0 spiro atoms. The number of thiophene rings is 1. The maximum absolute atomic E-state index is 12.4. The van der Waals surface area contributed by atoms with E-state index in [0.717, 1.165) is 30.8 Å². The van der Waals surface area contributed by atoms with Gasteiger partial charge in [-0.05, 0) is 38.1 Å². The lowest BCUT2D eigenvalue weighted by Gasteiger charge is -2.25. The maximum atomic E-state index is 12.4. The van der Waals surface area contributed by atoms with Crippen LogP contribution in [0.25, 0.3) is 0 Å². The van der Waals surface area contributed by atoms with Crippen molar-refractivity contribution in [3.8, 4) is 0 Å². The Balaban J connectivity index is 1.96. The van der Waals surface area contributed by atoms with E-state index in [4.69, 9.17) is 4.74 Å². The van der Waals surface area contributed by atoms with Gasteiger partial charge in [0.25, 0.3) is 10.0 Å². The van der Waals surface area contributed by atoms with Crippen molar-refractivity contribution in [2.75, 3.05) is 39.4 Å². The van der Waals surface area contributed by atoms with Gasteiger partial charge in [0.05, 0.1) is 13.2 Å². The summed E-state index contributed by atoms with van der Waals surface area (Å²) in [7, 11) is -3.33. The molecule has 5 nitrogen and oxygen atoms in total. The van der Waals surface area contributed by atoms with E-state index in [1.54, 1.807) is 6.07 Å². The predicted molar refractivity (Wildman–Crippen MR) is 80.8 cm³/mol. The topological polar surface area (TPSA) is 58.6 Å². The first kappa shape index (κ1) is 15.9. The van der Waals surface area contributed by atoms with Gasteiger partial charge >= 0.3 is 0 Å². The van der Waals surface area contributed by atoms with Gasteiger partial charge in [0, 0.05) is 18.0 Å². The van der Waals surface area contributed by atoms with Crippen LogP contribution in [0.15, 0.2) is 16.3 Å². The van der Waals surface area contributed by atoms with Gasteiger partial charge in [0.1, 0.15) is 4.21 Å². The molecule has 2 rings (SSSR count). The summed E-state index contributed by atoms with van der Waals surface area (Å²) in [5, 5.41) is 3.33. The third-order valence-corrected chi connectivity index (χ3v) is 6.69. The first-order valence-corrected chi connectivity index (χ1v) is 9.27. The average Bonchev–Trinajstić information content (AvgIpc) is 2.94. The minimum Gasteiger partial charge on any atom is -0.379 e. The van der Waals surface area contributed by atoms with E-state index < -0.39 is 10.0 Å². The van der Waals surface area contributed by atoms with Crippen LogP contribution in [0.1, 0.15) is 18.2 Å². The molecule has 0 radical (unpaired) electrons. The van der Waals surface area contributed by atoms with Gasteiger partial charge in [-0.3, -0.25) is 0 Å². The molecule has 0 saturated carbocycles. The second-order valence-corrected chi connectivity index (χ2v) is 8.07. The van der Waals surface area contributed by atoms with Gasteiger partial charge in [0.15, 0.2) is 0 Å². The highest BCUT2D eigenvalue weighted by Gasteiger charge is 2.27. The van der Waals surface area contributed by atoms with Crippen molar-refractivity contribution in [2.45, 2.75) is 24.0 Å². The highest BCUT2D eigenvalue weighted by Crippen LogP contribution is 2.25. The zero-order valence-corrected chi connectivity index (χ0v) is 13.4. The van der Waals surface area contributed by atoms with Gasteiger partial charge in [-0.15, -0.1) is 11.3 Å². The van der Waals surface area contributed by atoms with Crippen molar-refractivity contribution in [1.29, 1.82) is 0 Å². The van der Waals surface area contributed by atoms with E-state index in [0.29, 0.717) is 30.5 Å². The Hall–Kier alpha value is -0.470. The summed E-state index contributed by atoms with van der Waals surface area (Å²) < 4.78 is 32.0. The van der Waals surface area contributed by atoms with Crippen molar-refractivity contribution in [1.82, 2.24) is 9.62 Å². The Kier molecular flexibility index (Phi) is 5.98. The molecule has 1 fully saturated rings. The zero-order valence-electron chi connectivity index (χ0n) is 11.8. The SMILES string of the molecule is CCCNCCc1ccc(S(=O)(=O)N2CCOCC2)s1. The predicted octanol–water partition coefficient (Wildman–Crippen LogP) is 1.31. The van der Waals surface area contributed by atoms with Crippen LogP contribution in [0.5, 0.6) is 0 Å². The molecule has 114 valence electrons. The van der Waals surface area contributed by atoms with E-state index in [1.165, 1.54) is 15.6 Å². The zero-order chi connectivity index (χ0) is 14.4. The van der Waals surface area contributed by atoms with E-state index in [-0.39, 0.29) is 0 Å². The number of sulfonamides is 1. The monoisotopic (exact) mass is 318 g/mol. The summed E-state index contributed by atoms with van der Waals surface area (Å²) in [5.41, 5.74) is 0. The Morgan fingerprint density at radius 1 is 1.30 bits per heavy atom. The highest BCUT2D eigenvalue weighted by atomic mass is 32.2. The van der Waals surface area contributed by atoms with Crippen LogP contribution in [0.4, 0.5) is 0 Å². The first-order chi connectivity index (χ1) is 9.64. The summed E-state index contributed by atoms with van der Waals surface area (Å²) in [4.78, 5) is 1.11. The molecule has 2 heterocycles. The molecule has 0 bridgehead atoms. The fourth-order valence-corrected chi connectivity index (χ4v) is 4.98. The Labute approximate surface area is 125 Å². The number of morpholine rings is 1. The highest BCUT2D eigenvalue weighted by molar-refractivity contribution is 7.91.